The number of piperazine rings is 1. The third-order valence-corrected chi connectivity index (χ3v) is 7.35. The van der Waals surface area contributed by atoms with E-state index in [9.17, 15) is 14.3 Å². The Hall–Kier alpha value is -2.87. The number of hydrogen-bond donors (Lipinski definition) is 1. The second kappa shape index (κ2) is 8.34. The van der Waals surface area contributed by atoms with Gasteiger partial charge in [-0.2, -0.15) is 0 Å². The Morgan fingerprint density at radius 2 is 1.74 bits per heavy atom. The van der Waals surface area contributed by atoms with Crippen LogP contribution in [0.15, 0.2) is 42.5 Å². The summed E-state index contributed by atoms with van der Waals surface area (Å²) < 4.78 is 14.3. The largest absolute Gasteiger partial charge is 0.506 e. The van der Waals surface area contributed by atoms with Crippen molar-refractivity contribution in [2.75, 3.05) is 49.1 Å². The molecule has 0 atom stereocenters. The van der Waals surface area contributed by atoms with Gasteiger partial charge in [0.05, 0.1) is 15.9 Å². The Kier molecular flexibility index (Phi) is 5.40. The molecule has 1 aromatic heterocycles. The lowest BCUT2D eigenvalue weighted by Gasteiger charge is -2.39. The maximum Gasteiger partial charge on any atom is 0.225 e. The Balaban J connectivity index is 1.16. The van der Waals surface area contributed by atoms with Crippen molar-refractivity contribution < 1.29 is 14.3 Å². The molecule has 6 nitrogen and oxygen atoms in total. The lowest BCUT2D eigenvalue weighted by Crippen LogP contribution is -2.51. The van der Waals surface area contributed by atoms with Crippen LogP contribution in [0.1, 0.15) is 12.8 Å². The van der Waals surface area contributed by atoms with Crippen molar-refractivity contribution in [3.05, 3.63) is 48.3 Å². The molecule has 0 aliphatic carbocycles. The fourth-order valence-electron chi connectivity index (χ4n) is 4.50. The summed E-state index contributed by atoms with van der Waals surface area (Å²) in [6.07, 6.45) is 1.62. The summed E-state index contributed by atoms with van der Waals surface area (Å²) in [6.45, 7) is 4.38. The van der Waals surface area contributed by atoms with E-state index in [2.05, 4.69) is 14.8 Å². The highest BCUT2D eigenvalue weighted by Crippen LogP contribution is 2.33. The molecule has 1 N–H and O–H groups in total. The number of para-hydroxylation sites is 2. The minimum Gasteiger partial charge on any atom is -0.506 e. The number of aromatic hydroxyl groups is 1. The molecule has 5 rings (SSSR count). The van der Waals surface area contributed by atoms with Crippen molar-refractivity contribution in [1.29, 1.82) is 0 Å². The van der Waals surface area contributed by atoms with Crippen LogP contribution < -0.4 is 9.80 Å². The van der Waals surface area contributed by atoms with Gasteiger partial charge in [0.25, 0.3) is 0 Å². The van der Waals surface area contributed by atoms with Crippen LogP contribution in [0.5, 0.6) is 5.75 Å². The van der Waals surface area contributed by atoms with E-state index in [1.807, 2.05) is 23.1 Å². The van der Waals surface area contributed by atoms with E-state index in [1.54, 1.807) is 12.1 Å². The minimum absolute atomic E-state index is 0.0414. The van der Waals surface area contributed by atoms with Gasteiger partial charge < -0.3 is 19.8 Å². The maximum atomic E-state index is 13.5. The van der Waals surface area contributed by atoms with E-state index in [4.69, 9.17) is 0 Å². The molecule has 0 unspecified atom stereocenters. The van der Waals surface area contributed by atoms with Crippen LogP contribution in [-0.4, -0.2) is 60.2 Å². The molecule has 2 fully saturated rings. The average molecular weight is 441 g/mol. The van der Waals surface area contributed by atoms with Gasteiger partial charge >= 0.3 is 0 Å². The Bertz CT molecular complexity index is 1090. The van der Waals surface area contributed by atoms with Gasteiger partial charge in [-0.1, -0.05) is 23.5 Å². The molecule has 2 aromatic carbocycles. The number of nitrogens with zero attached hydrogens (tertiary/aromatic N) is 4. The van der Waals surface area contributed by atoms with Gasteiger partial charge in [-0.15, -0.1) is 0 Å². The lowest BCUT2D eigenvalue weighted by molar-refractivity contribution is -0.136. The molecule has 3 heterocycles. The molecule has 0 bridgehead atoms. The molecule has 162 valence electrons. The molecule has 2 aliphatic heterocycles. The zero-order chi connectivity index (χ0) is 21.4. The number of phenolic OH excluding ortho intramolecular Hbond substituents is 1. The molecule has 2 aliphatic rings. The second-order valence-electron chi connectivity index (χ2n) is 8.17. The van der Waals surface area contributed by atoms with Gasteiger partial charge in [-0.3, -0.25) is 4.79 Å². The monoisotopic (exact) mass is 440 g/mol. The number of carbonyl (C=O) groups is 1. The predicted molar refractivity (Wildman–Crippen MR) is 121 cm³/mol. The fraction of sp³-hybridized carbons (Fsp3) is 0.391. The van der Waals surface area contributed by atoms with E-state index in [0.717, 1.165) is 60.1 Å². The fourth-order valence-corrected chi connectivity index (χ4v) is 5.54. The second-order valence-corrected chi connectivity index (χ2v) is 9.18. The zero-order valence-electron chi connectivity index (χ0n) is 17.2. The number of thiazole rings is 1. The molecule has 0 saturated carbocycles. The van der Waals surface area contributed by atoms with E-state index >= 15 is 0 Å². The number of rotatable bonds is 3. The number of piperidine rings is 1. The van der Waals surface area contributed by atoms with Crippen molar-refractivity contribution in [1.82, 2.24) is 9.88 Å². The van der Waals surface area contributed by atoms with Crippen molar-refractivity contribution in [2.24, 2.45) is 5.92 Å². The number of benzene rings is 2. The first-order valence-corrected chi connectivity index (χ1v) is 11.5. The van der Waals surface area contributed by atoms with Gasteiger partial charge in [-0.05, 0) is 43.2 Å². The summed E-state index contributed by atoms with van der Waals surface area (Å²) in [5.74, 6) is 0.324. The number of aromatic nitrogens is 1. The van der Waals surface area contributed by atoms with Crippen molar-refractivity contribution in [3.8, 4) is 5.75 Å². The van der Waals surface area contributed by atoms with Crippen LogP contribution in [0.25, 0.3) is 10.2 Å². The number of halogens is 1. The Labute approximate surface area is 184 Å². The Morgan fingerprint density at radius 3 is 2.48 bits per heavy atom. The number of carbonyl (C=O) groups excluding carboxylic acids is 1. The minimum atomic E-state index is -0.241. The van der Waals surface area contributed by atoms with Crippen LogP contribution in [-0.2, 0) is 4.79 Å². The average Bonchev–Trinajstić information content (AvgIpc) is 3.22. The number of amides is 1. The topological polar surface area (TPSA) is 59.9 Å². The highest BCUT2D eigenvalue weighted by molar-refractivity contribution is 7.22. The standard InChI is InChI=1S/C23H25FN4O2S/c24-17-5-6-18-21(15-17)31-23(25-18)28-9-7-16(8-10-28)22(30)27-13-11-26(12-14-27)19-3-1-2-4-20(19)29/h1-6,15-16,29H,7-14H2. The van der Waals surface area contributed by atoms with Crippen molar-refractivity contribution in [2.45, 2.75) is 12.8 Å². The summed E-state index contributed by atoms with van der Waals surface area (Å²) in [5, 5.41) is 11.0. The highest BCUT2D eigenvalue weighted by Gasteiger charge is 2.31. The van der Waals surface area contributed by atoms with Crippen LogP contribution in [0.3, 0.4) is 0 Å². The SMILES string of the molecule is O=C(C1CCN(c2nc3ccc(F)cc3s2)CC1)N1CCN(c2ccccc2O)CC1. The number of hydrogen-bond acceptors (Lipinski definition) is 6. The van der Waals surface area contributed by atoms with Crippen LogP contribution >= 0.6 is 11.3 Å². The molecular formula is C23H25FN4O2S. The number of phenols is 1. The van der Waals surface area contributed by atoms with Crippen molar-refractivity contribution in [3.63, 3.8) is 0 Å². The zero-order valence-corrected chi connectivity index (χ0v) is 18.0. The molecule has 0 radical (unpaired) electrons. The van der Waals surface area contributed by atoms with Gasteiger partial charge in [0.15, 0.2) is 5.13 Å². The van der Waals surface area contributed by atoms with E-state index < -0.39 is 0 Å². The summed E-state index contributed by atoms with van der Waals surface area (Å²) in [7, 11) is 0. The van der Waals surface area contributed by atoms with Crippen LogP contribution in [0.4, 0.5) is 15.2 Å². The maximum absolute atomic E-state index is 13.5. The van der Waals surface area contributed by atoms with E-state index in [1.165, 1.54) is 23.5 Å². The van der Waals surface area contributed by atoms with Crippen LogP contribution in [0, 0.1) is 11.7 Å². The number of fused-ring (bicyclic) bond motifs is 1. The van der Waals surface area contributed by atoms with Gasteiger partial charge in [0.2, 0.25) is 5.91 Å². The Morgan fingerprint density at radius 1 is 1.00 bits per heavy atom. The van der Waals surface area contributed by atoms with Crippen molar-refractivity contribution >= 4 is 38.3 Å². The molecule has 3 aromatic rings. The third kappa shape index (κ3) is 4.04. The first kappa shape index (κ1) is 20.1. The quantitative estimate of drug-likeness (QED) is 0.673. The molecule has 0 spiro atoms. The highest BCUT2D eigenvalue weighted by atomic mass is 32.1. The summed E-state index contributed by atoms with van der Waals surface area (Å²) in [6, 6.07) is 12.0. The molecule has 2 saturated heterocycles. The van der Waals surface area contributed by atoms with Gasteiger partial charge in [0, 0.05) is 45.2 Å². The summed E-state index contributed by atoms with van der Waals surface area (Å²) in [4.78, 5) is 24.0. The molecule has 8 heteroatoms. The summed E-state index contributed by atoms with van der Waals surface area (Å²) >= 11 is 1.51. The first-order valence-electron chi connectivity index (χ1n) is 10.7. The third-order valence-electron chi connectivity index (χ3n) is 6.27. The number of anilines is 2. The molecule has 1 amide bonds. The lowest BCUT2D eigenvalue weighted by atomic mass is 9.95. The summed E-state index contributed by atoms with van der Waals surface area (Å²) in [5.41, 5.74) is 1.65. The molecule has 31 heavy (non-hydrogen) atoms. The first-order chi connectivity index (χ1) is 15.1. The van der Waals surface area contributed by atoms with E-state index in [0.29, 0.717) is 13.1 Å². The van der Waals surface area contributed by atoms with E-state index in [-0.39, 0.29) is 23.4 Å². The molecular weight excluding hydrogens is 415 g/mol. The van der Waals surface area contributed by atoms with Gasteiger partial charge in [0.1, 0.15) is 11.6 Å². The smallest absolute Gasteiger partial charge is 0.225 e. The predicted octanol–water partition coefficient (Wildman–Crippen LogP) is 3.71. The van der Waals surface area contributed by atoms with Gasteiger partial charge in [-0.25, -0.2) is 9.37 Å². The normalized spacial score (nSPS) is 18.0. The van der Waals surface area contributed by atoms with Crippen LogP contribution in [0.2, 0.25) is 0 Å².